The molecule has 0 aliphatic carbocycles. The maximum Gasteiger partial charge on any atom is 0.197 e. The zero-order valence-electron chi connectivity index (χ0n) is 13.0. The van der Waals surface area contributed by atoms with Gasteiger partial charge in [-0.25, -0.2) is 4.39 Å². The van der Waals surface area contributed by atoms with Crippen LogP contribution in [0.2, 0.25) is 0 Å². The Kier molecular flexibility index (Phi) is 5.10. The lowest BCUT2D eigenvalue weighted by molar-refractivity contribution is -0.0448. The van der Waals surface area contributed by atoms with Crippen LogP contribution in [0.3, 0.4) is 0 Å². The van der Waals surface area contributed by atoms with Crippen molar-refractivity contribution in [2.75, 3.05) is 26.8 Å². The fourth-order valence-electron chi connectivity index (χ4n) is 2.67. The Morgan fingerprint density at radius 2 is 2.00 bits per heavy atom. The number of para-hydroxylation sites is 1. The molecule has 2 aromatic carbocycles. The van der Waals surface area contributed by atoms with Gasteiger partial charge < -0.3 is 19.5 Å². The maximum absolute atomic E-state index is 14.2. The van der Waals surface area contributed by atoms with Gasteiger partial charge in [0.2, 0.25) is 0 Å². The Labute approximate surface area is 135 Å². The van der Waals surface area contributed by atoms with Gasteiger partial charge in [0.25, 0.3) is 0 Å². The van der Waals surface area contributed by atoms with E-state index < -0.39 is 11.9 Å². The van der Waals surface area contributed by atoms with E-state index >= 15 is 0 Å². The summed E-state index contributed by atoms with van der Waals surface area (Å²) >= 11 is 0. The highest BCUT2D eigenvalue weighted by Gasteiger charge is 2.29. The summed E-state index contributed by atoms with van der Waals surface area (Å²) in [5, 5.41) is 3.28. The molecule has 122 valence electrons. The topological polar surface area (TPSA) is 39.7 Å². The molecule has 0 amide bonds. The third-order valence-corrected chi connectivity index (χ3v) is 3.82. The largest absolute Gasteiger partial charge is 0.493 e. The third kappa shape index (κ3) is 3.63. The van der Waals surface area contributed by atoms with Crippen molar-refractivity contribution in [3.05, 3.63) is 59.9 Å². The van der Waals surface area contributed by atoms with Gasteiger partial charge >= 0.3 is 0 Å². The lowest BCUT2D eigenvalue weighted by Gasteiger charge is -2.32. The fourth-order valence-corrected chi connectivity index (χ4v) is 2.67. The average molecular weight is 317 g/mol. The van der Waals surface area contributed by atoms with Crippen LogP contribution in [0.1, 0.15) is 11.7 Å². The van der Waals surface area contributed by atoms with Gasteiger partial charge in [-0.1, -0.05) is 36.4 Å². The van der Waals surface area contributed by atoms with Crippen molar-refractivity contribution < 1.29 is 18.6 Å². The highest BCUT2D eigenvalue weighted by molar-refractivity contribution is 5.41. The van der Waals surface area contributed by atoms with Crippen molar-refractivity contribution in [3.8, 4) is 11.5 Å². The van der Waals surface area contributed by atoms with E-state index in [-0.39, 0.29) is 11.9 Å². The van der Waals surface area contributed by atoms with Crippen molar-refractivity contribution in [3.63, 3.8) is 0 Å². The van der Waals surface area contributed by atoms with Crippen LogP contribution < -0.4 is 14.8 Å². The number of hydrogen-bond donors (Lipinski definition) is 1. The predicted octanol–water partition coefficient (Wildman–Crippen LogP) is 2.94. The van der Waals surface area contributed by atoms with Crippen LogP contribution in [0.15, 0.2) is 48.5 Å². The highest BCUT2D eigenvalue weighted by atomic mass is 19.1. The zero-order chi connectivity index (χ0) is 16.1. The molecule has 0 saturated carbocycles. The van der Waals surface area contributed by atoms with Crippen molar-refractivity contribution in [1.29, 1.82) is 0 Å². The number of halogens is 1. The first-order valence-electron chi connectivity index (χ1n) is 7.66. The summed E-state index contributed by atoms with van der Waals surface area (Å²) in [5.41, 5.74) is 0.937. The molecule has 2 atom stereocenters. The smallest absolute Gasteiger partial charge is 0.197 e. The molecule has 3 rings (SSSR count). The van der Waals surface area contributed by atoms with E-state index in [0.717, 1.165) is 12.1 Å². The van der Waals surface area contributed by atoms with Crippen LogP contribution in [0.5, 0.6) is 11.5 Å². The molecular weight excluding hydrogens is 297 g/mol. The first-order chi connectivity index (χ1) is 11.3. The standard InChI is InChI=1S/C18H20FNO3/c1-21-15-9-5-8-14(19)18(15)23-17(13-6-3-2-4-7-13)16-12-20-10-11-22-16/h2-9,16-17,20H,10-12H2,1H3/t16-,17-/m0/s1. The minimum atomic E-state index is -0.450. The minimum Gasteiger partial charge on any atom is -0.493 e. The number of benzene rings is 2. The van der Waals surface area contributed by atoms with E-state index in [1.165, 1.54) is 13.2 Å². The normalized spacial score (nSPS) is 19.1. The summed E-state index contributed by atoms with van der Waals surface area (Å²) in [6.07, 6.45) is -0.620. The molecule has 0 radical (unpaired) electrons. The highest BCUT2D eigenvalue weighted by Crippen LogP contribution is 2.35. The fraction of sp³-hybridized carbons (Fsp3) is 0.333. The summed E-state index contributed by atoms with van der Waals surface area (Å²) in [6, 6.07) is 14.3. The minimum absolute atomic E-state index is 0.109. The average Bonchev–Trinajstić information content (AvgIpc) is 2.62. The lowest BCUT2D eigenvalue weighted by Crippen LogP contribution is -2.43. The van der Waals surface area contributed by atoms with Crippen LogP contribution >= 0.6 is 0 Å². The second-order valence-electron chi connectivity index (χ2n) is 5.33. The van der Waals surface area contributed by atoms with Crippen LogP contribution in [0.25, 0.3) is 0 Å². The zero-order valence-corrected chi connectivity index (χ0v) is 13.0. The monoisotopic (exact) mass is 317 g/mol. The van der Waals surface area contributed by atoms with Gasteiger partial charge in [0.1, 0.15) is 6.10 Å². The quantitative estimate of drug-likeness (QED) is 0.920. The molecule has 1 aliphatic rings. The molecule has 0 spiro atoms. The Morgan fingerprint density at radius 3 is 2.70 bits per heavy atom. The lowest BCUT2D eigenvalue weighted by atomic mass is 10.0. The summed E-state index contributed by atoms with van der Waals surface area (Å²) < 4.78 is 31.3. The van der Waals surface area contributed by atoms with E-state index in [1.54, 1.807) is 12.1 Å². The second kappa shape index (κ2) is 7.44. The predicted molar refractivity (Wildman–Crippen MR) is 85.4 cm³/mol. The van der Waals surface area contributed by atoms with Crippen molar-refractivity contribution in [1.82, 2.24) is 5.32 Å². The van der Waals surface area contributed by atoms with E-state index in [9.17, 15) is 4.39 Å². The van der Waals surface area contributed by atoms with Crippen LogP contribution in [0, 0.1) is 5.82 Å². The van der Waals surface area contributed by atoms with Crippen LogP contribution in [0.4, 0.5) is 4.39 Å². The number of nitrogens with one attached hydrogen (secondary N) is 1. The van der Waals surface area contributed by atoms with E-state index in [4.69, 9.17) is 14.2 Å². The number of rotatable bonds is 5. The summed E-state index contributed by atoms with van der Waals surface area (Å²) in [6.45, 7) is 2.06. The first kappa shape index (κ1) is 15.8. The van der Waals surface area contributed by atoms with Gasteiger partial charge in [0.05, 0.1) is 13.7 Å². The molecule has 5 heteroatoms. The summed E-state index contributed by atoms with van der Waals surface area (Å²) in [7, 11) is 1.50. The third-order valence-electron chi connectivity index (χ3n) is 3.82. The van der Waals surface area contributed by atoms with Gasteiger partial charge in [-0.05, 0) is 17.7 Å². The van der Waals surface area contributed by atoms with Gasteiger partial charge in [0.15, 0.2) is 23.4 Å². The van der Waals surface area contributed by atoms with Gasteiger partial charge in [-0.3, -0.25) is 0 Å². The molecule has 0 aromatic heterocycles. The van der Waals surface area contributed by atoms with Gasteiger partial charge in [-0.2, -0.15) is 0 Å². The molecular formula is C18H20FNO3. The Hall–Kier alpha value is -2.11. The molecule has 1 heterocycles. The molecule has 23 heavy (non-hydrogen) atoms. The number of ether oxygens (including phenoxy) is 3. The number of morpholine rings is 1. The van der Waals surface area contributed by atoms with E-state index in [1.807, 2.05) is 30.3 Å². The molecule has 2 aromatic rings. The van der Waals surface area contributed by atoms with E-state index in [2.05, 4.69) is 5.32 Å². The van der Waals surface area contributed by atoms with Crippen LogP contribution in [-0.4, -0.2) is 32.9 Å². The number of hydrogen-bond acceptors (Lipinski definition) is 4. The Bertz CT molecular complexity index is 629. The summed E-state index contributed by atoms with van der Waals surface area (Å²) in [5.74, 6) is 0.0294. The number of methoxy groups -OCH3 is 1. The van der Waals surface area contributed by atoms with Gasteiger partial charge in [0, 0.05) is 13.1 Å². The molecule has 0 unspecified atom stereocenters. The van der Waals surface area contributed by atoms with Gasteiger partial charge in [-0.15, -0.1) is 0 Å². The molecule has 0 bridgehead atoms. The maximum atomic E-state index is 14.2. The van der Waals surface area contributed by atoms with Crippen molar-refractivity contribution in [2.24, 2.45) is 0 Å². The van der Waals surface area contributed by atoms with Crippen molar-refractivity contribution in [2.45, 2.75) is 12.2 Å². The second-order valence-corrected chi connectivity index (χ2v) is 5.33. The van der Waals surface area contributed by atoms with E-state index in [0.29, 0.717) is 18.9 Å². The van der Waals surface area contributed by atoms with Crippen LogP contribution in [-0.2, 0) is 4.74 Å². The first-order valence-corrected chi connectivity index (χ1v) is 7.66. The molecule has 1 N–H and O–H groups in total. The summed E-state index contributed by atoms with van der Waals surface area (Å²) in [4.78, 5) is 0. The SMILES string of the molecule is COc1cccc(F)c1O[C@@H](c1ccccc1)[C@@H]1CNCCO1. The van der Waals surface area contributed by atoms with Crippen molar-refractivity contribution >= 4 is 0 Å². The molecule has 4 nitrogen and oxygen atoms in total. The Balaban J connectivity index is 1.93. The molecule has 1 saturated heterocycles. The Morgan fingerprint density at radius 1 is 1.17 bits per heavy atom. The molecule has 1 fully saturated rings. The molecule has 1 aliphatic heterocycles.